The van der Waals surface area contributed by atoms with Crippen molar-refractivity contribution in [1.29, 1.82) is 0 Å². The number of Topliss-reactive ketones (excluding diaryl/α,β-unsaturated/α-hetero) is 1. The van der Waals surface area contributed by atoms with Gasteiger partial charge in [-0.2, -0.15) is 0 Å². The number of aliphatic hydroxyl groups is 2. The predicted molar refractivity (Wildman–Crippen MR) is 154 cm³/mol. The number of unbranched alkanes of at least 4 members (excludes halogenated alkanes) is 2. The highest BCUT2D eigenvalue weighted by molar-refractivity contribution is 6.01. The number of ketones is 2. The van der Waals surface area contributed by atoms with E-state index < -0.39 is 58.4 Å². The molecular weight excluding hydrogens is 537 g/mol. The summed E-state index contributed by atoms with van der Waals surface area (Å²) < 4.78 is 24.7. The molecule has 0 aliphatic heterocycles. The molecule has 228 valence electrons. The molecule has 8 atom stereocenters. The molecule has 0 saturated heterocycles. The fourth-order valence-corrected chi connectivity index (χ4v) is 8.89. The summed E-state index contributed by atoms with van der Waals surface area (Å²) in [6, 6.07) is 4.11. The van der Waals surface area contributed by atoms with E-state index in [0.29, 0.717) is 31.3 Å². The third-order valence-corrected chi connectivity index (χ3v) is 11.4. The van der Waals surface area contributed by atoms with Crippen LogP contribution in [0.5, 0.6) is 0 Å². The molecule has 0 aromatic carbocycles. The van der Waals surface area contributed by atoms with Crippen LogP contribution in [-0.2, 0) is 25.7 Å². The minimum Gasteiger partial charge on any atom is -0.458 e. The van der Waals surface area contributed by atoms with Crippen molar-refractivity contribution in [2.45, 2.75) is 103 Å². The Bertz CT molecular complexity index is 1310. The van der Waals surface area contributed by atoms with Gasteiger partial charge >= 0.3 is 5.97 Å². The zero-order chi connectivity index (χ0) is 30.5. The SMILES string of the molecule is Cc1cc[n+](CCCCCC(=O)OCC(=O)[C@@]2(O)[C@H](C)C[C@H]3[C@@H]4CCC5=CC(=O)C=C[C@]5(C)[C@@]4(F)[C@@H](O)C[C@@]32C)cc1. The molecule has 0 radical (unpaired) electrons. The topological polar surface area (TPSA) is 105 Å². The van der Waals surface area contributed by atoms with Gasteiger partial charge in [0.1, 0.15) is 12.1 Å². The van der Waals surface area contributed by atoms with E-state index in [9.17, 15) is 24.6 Å². The zero-order valence-corrected chi connectivity index (χ0v) is 25.3. The summed E-state index contributed by atoms with van der Waals surface area (Å²) in [4.78, 5) is 38.1. The van der Waals surface area contributed by atoms with Crippen molar-refractivity contribution in [3.63, 3.8) is 0 Å². The molecular formula is C34H45FNO6+. The summed E-state index contributed by atoms with van der Waals surface area (Å²) in [7, 11) is 0. The highest BCUT2D eigenvalue weighted by Gasteiger charge is 2.75. The Morgan fingerprint density at radius 1 is 1.14 bits per heavy atom. The standard InChI is InChI=1S/C34H45FNO6/c1-22-12-16-36(17-13-22)15-7-5-6-8-30(40)42-21-29(39)34(41)23(2)18-27-26-10-9-24-19-25(37)11-14-31(24,3)33(26,35)28(38)20-32(27,34)4/h11-14,16-17,19,23,26-28,38,41H,5-10,15,18,20-21H2,1-4H3/q+1/t23-,26+,27+,28+,31+,32+,33+,34+/m1/s1. The second kappa shape index (κ2) is 11.1. The van der Waals surface area contributed by atoms with E-state index in [0.717, 1.165) is 19.4 Å². The van der Waals surface area contributed by atoms with E-state index in [1.807, 2.05) is 19.3 Å². The molecule has 0 bridgehead atoms. The van der Waals surface area contributed by atoms with Crippen LogP contribution in [0.15, 0.2) is 48.3 Å². The summed E-state index contributed by atoms with van der Waals surface area (Å²) in [6.07, 6.45) is 10.9. The van der Waals surface area contributed by atoms with Crippen molar-refractivity contribution in [3.8, 4) is 0 Å². The fraction of sp³-hybridized carbons (Fsp3) is 0.647. The molecule has 1 heterocycles. The first-order chi connectivity index (χ1) is 19.8. The second-order valence-corrected chi connectivity index (χ2v) is 13.7. The van der Waals surface area contributed by atoms with Gasteiger partial charge in [-0.3, -0.25) is 14.4 Å². The van der Waals surface area contributed by atoms with E-state index >= 15 is 4.39 Å². The van der Waals surface area contributed by atoms with Crippen LogP contribution in [0.3, 0.4) is 0 Å². The number of aromatic nitrogens is 1. The number of allylic oxidation sites excluding steroid dienone is 4. The Labute approximate surface area is 247 Å². The Kier molecular flexibility index (Phi) is 8.12. The van der Waals surface area contributed by atoms with Crippen LogP contribution >= 0.6 is 0 Å². The quantitative estimate of drug-likeness (QED) is 0.256. The van der Waals surface area contributed by atoms with Gasteiger partial charge in [0, 0.05) is 41.7 Å². The van der Waals surface area contributed by atoms with Crippen LogP contribution in [0, 0.1) is 35.5 Å². The maximum absolute atomic E-state index is 17.3. The van der Waals surface area contributed by atoms with Gasteiger partial charge in [-0.05, 0) is 81.9 Å². The van der Waals surface area contributed by atoms with Crippen molar-refractivity contribution < 1.29 is 38.3 Å². The summed E-state index contributed by atoms with van der Waals surface area (Å²) in [5, 5.41) is 23.5. The lowest BCUT2D eigenvalue weighted by atomic mass is 9.44. The van der Waals surface area contributed by atoms with Crippen LogP contribution in [0.4, 0.5) is 4.39 Å². The Morgan fingerprint density at radius 3 is 2.57 bits per heavy atom. The van der Waals surface area contributed by atoms with Crippen LogP contribution < -0.4 is 4.57 Å². The van der Waals surface area contributed by atoms with E-state index in [1.54, 1.807) is 26.8 Å². The minimum absolute atomic E-state index is 0.102. The third-order valence-electron chi connectivity index (χ3n) is 11.4. The average molecular weight is 583 g/mol. The summed E-state index contributed by atoms with van der Waals surface area (Å²) >= 11 is 0. The number of hydrogen-bond donors (Lipinski definition) is 2. The number of rotatable bonds is 9. The molecule has 3 fully saturated rings. The molecule has 4 aliphatic rings. The van der Waals surface area contributed by atoms with Gasteiger partial charge in [-0.15, -0.1) is 0 Å². The van der Waals surface area contributed by atoms with Gasteiger partial charge in [-0.1, -0.05) is 25.5 Å². The second-order valence-electron chi connectivity index (χ2n) is 13.7. The third kappa shape index (κ3) is 4.69. The number of pyridine rings is 1. The summed E-state index contributed by atoms with van der Waals surface area (Å²) in [6.45, 7) is 7.67. The number of carbonyl (C=O) groups is 3. The maximum atomic E-state index is 17.3. The van der Waals surface area contributed by atoms with Crippen molar-refractivity contribution in [2.24, 2.45) is 28.6 Å². The van der Waals surface area contributed by atoms with Gasteiger partial charge < -0.3 is 14.9 Å². The number of halogens is 1. The summed E-state index contributed by atoms with van der Waals surface area (Å²) in [5.74, 6) is -2.71. The Balaban J connectivity index is 1.21. The molecule has 1 aromatic rings. The smallest absolute Gasteiger partial charge is 0.306 e. The molecule has 4 aliphatic carbocycles. The lowest BCUT2D eigenvalue weighted by Gasteiger charge is -2.62. The molecule has 42 heavy (non-hydrogen) atoms. The van der Waals surface area contributed by atoms with Crippen molar-refractivity contribution in [3.05, 3.63) is 53.9 Å². The molecule has 3 saturated carbocycles. The monoisotopic (exact) mass is 582 g/mol. The van der Waals surface area contributed by atoms with Crippen molar-refractivity contribution in [1.82, 2.24) is 0 Å². The first-order valence-electron chi connectivity index (χ1n) is 15.5. The predicted octanol–water partition coefficient (Wildman–Crippen LogP) is 4.30. The number of alkyl halides is 1. The van der Waals surface area contributed by atoms with Crippen molar-refractivity contribution in [2.75, 3.05) is 6.61 Å². The number of esters is 1. The maximum Gasteiger partial charge on any atom is 0.306 e. The van der Waals surface area contributed by atoms with Crippen LogP contribution in [0.25, 0.3) is 0 Å². The number of ether oxygens (including phenoxy) is 1. The number of hydrogen-bond acceptors (Lipinski definition) is 6. The zero-order valence-electron chi connectivity index (χ0n) is 25.3. The van der Waals surface area contributed by atoms with Crippen LogP contribution in [0.1, 0.15) is 77.7 Å². The lowest BCUT2D eigenvalue weighted by molar-refractivity contribution is -0.697. The normalized spacial score (nSPS) is 38.7. The van der Waals surface area contributed by atoms with E-state index in [4.69, 9.17) is 4.74 Å². The van der Waals surface area contributed by atoms with Gasteiger partial charge in [0.05, 0.1) is 6.10 Å². The van der Waals surface area contributed by atoms with Crippen LogP contribution in [-0.4, -0.2) is 51.7 Å². The fourth-order valence-electron chi connectivity index (χ4n) is 8.89. The van der Waals surface area contributed by atoms with Crippen molar-refractivity contribution >= 4 is 17.5 Å². The largest absolute Gasteiger partial charge is 0.458 e. The molecule has 0 amide bonds. The number of fused-ring (bicyclic) bond motifs is 5. The number of nitrogens with zero attached hydrogens (tertiary/aromatic N) is 1. The van der Waals surface area contributed by atoms with Crippen LogP contribution in [0.2, 0.25) is 0 Å². The van der Waals surface area contributed by atoms with Gasteiger partial charge in [-0.25, -0.2) is 8.96 Å². The molecule has 5 rings (SSSR count). The molecule has 2 N–H and O–H groups in total. The van der Waals surface area contributed by atoms with Gasteiger partial charge in [0.2, 0.25) is 5.78 Å². The molecule has 7 nitrogen and oxygen atoms in total. The average Bonchev–Trinajstić information content (AvgIpc) is 3.15. The Morgan fingerprint density at radius 2 is 1.86 bits per heavy atom. The van der Waals surface area contributed by atoms with E-state index in [1.165, 1.54) is 17.7 Å². The van der Waals surface area contributed by atoms with E-state index in [2.05, 4.69) is 16.7 Å². The van der Waals surface area contributed by atoms with Gasteiger partial charge in [0.25, 0.3) is 0 Å². The first-order valence-corrected chi connectivity index (χ1v) is 15.5. The Hall–Kier alpha value is -2.71. The highest BCUT2D eigenvalue weighted by Crippen LogP contribution is 2.70. The first kappa shape index (κ1) is 30.7. The minimum atomic E-state index is -2.03. The number of aryl methyl sites for hydroxylation is 2. The number of carbonyl (C=O) groups excluding carboxylic acids is 3. The molecule has 1 aromatic heterocycles. The molecule has 8 heteroatoms. The lowest BCUT2D eigenvalue weighted by Crippen LogP contribution is -2.69. The number of aliphatic hydroxyl groups excluding tert-OH is 1. The highest BCUT2D eigenvalue weighted by atomic mass is 19.1. The van der Waals surface area contributed by atoms with E-state index in [-0.39, 0.29) is 24.5 Å². The molecule has 0 unspecified atom stereocenters. The molecule has 0 spiro atoms. The van der Waals surface area contributed by atoms with Gasteiger partial charge in [0.15, 0.2) is 30.5 Å². The summed E-state index contributed by atoms with van der Waals surface area (Å²) in [5.41, 5.74) is -4.22.